The lowest BCUT2D eigenvalue weighted by Gasteiger charge is -2.11. The highest BCUT2D eigenvalue weighted by Gasteiger charge is 2.08. The van der Waals surface area contributed by atoms with E-state index in [4.69, 9.17) is 12.2 Å². The van der Waals surface area contributed by atoms with E-state index in [0.717, 1.165) is 5.69 Å². The Morgan fingerprint density at radius 3 is 2.33 bits per heavy atom. The molecule has 21 heavy (non-hydrogen) atoms. The molecule has 0 radical (unpaired) electrons. The van der Waals surface area contributed by atoms with Gasteiger partial charge in [-0.25, -0.2) is 0 Å². The van der Waals surface area contributed by atoms with Gasteiger partial charge in [0.2, 0.25) is 5.91 Å². The molecule has 5 nitrogen and oxygen atoms in total. The number of nitrogens with one attached hydrogen (secondary N) is 3. The number of rotatable bonds is 5. The fourth-order valence-corrected chi connectivity index (χ4v) is 1.91. The van der Waals surface area contributed by atoms with Crippen molar-refractivity contribution in [1.29, 1.82) is 0 Å². The van der Waals surface area contributed by atoms with E-state index in [-0.39, 0.29) is 22.8 Å². The van der Waals surface area contributed by atoms with Crippen LogP contribution in [0.15, 0.2) is 24.3 Å². The van der Waals surface area contributed by atoms with Crippen LogP contribution in [0.2, 0.25) is 0 Å². The third kappa shape index (κ3) is 6.35. The average Bonchev–Trinajstić information content (AvgIpc) is 2.38. The molecule has 0 bridgehead atoms. The molecular weight excluding hydrogens is 286 g/mol. The second-order valence-electron chi connectivity index (χ2n) is 5.04. The van der Waals surface area contributed by atoms with Crippen LogP contribution in [0.3, 0.4) is 0 Å². The molecule has 0 aromatic heterocycles. The minimum absolute atomic E-state index is 0.110. The summed E-state index contributed by atoms with van der Waals surface area (Å²) in [5, 5.41) is 8.51. The van der Waals surface area contributed by atoms with Crippen molar-refractivity contribution < 1.29 is 9.59 Å². The van der Waals surface area contributed by atoms with Crippen molar-refractivity contribution in [2.45, 2.75) is 27.2 Å². The fourth-order valence-electron chi connectivity index (χ4n) is 1.68. The Bertz CT molecular complexity index is 512. The molecule has 0 aliphatic rings. The number of carbonyl (C=O) groups is 2. The van der Waals surface area contributed by atoms with Crippen LogP contribution in [-0.2, 0) is 4.79 Å². The Hall–Kier alpha value is -1.95. The molecule has 1 aromatic rings. The number of anilines is 1. The Labute approximate surface area is 130 Å². The van der Waals surface area contributed by atoms with Gasteiger partial charge in [-0.2, -0.15) is 0 Å². The van der Waals surface area contributed by atoms with Gasteiger partial charge in [-0.3, -0.25) is 9.59 Å². The van der Waals surface area contributed by atoms with E-state index in [1.807, 2.05) is 20.8 Å². The van der Waals surface area contributed by atoms with Crippen molar-refractivity contribution in [3.8, 4) is 0 Å². The van der Waals surface area contributed by atoms with Gasteiger partial charge in [0.15, 0.2) is 5.11 Å². The standard InChI is InChI=1S/C15H21N3O2S/c1-4-16-14(20)11-5-7-12(8-6-11)17-15(21)18-13(19)9-10(2)3/h5-8,10H,4,9H2,1-3H3,(H,16,20)(H2,17,18,19,21). The Morgan fingerprint density at radius 1 is 1.19 bits per heavy atom. The van der Waals surface area contributed by atoms with Crippen LogP contribution in [0, 0.1) is 5.92 Å². The van der Waals surface area contributed by atoms with Gasteiger partial charge in [0, 0.05) is 24.2 Å². The summed E-state index contributed by atoms with van der Waals surface area (Å²) in [6.45, 7) is 6.39. The van der Waals surface area contributed by atoms with Gasteiger partial charge in [0.1, 0.15) is 0 Å². The molecule has 0 heterocycles. The zero-order chi connectivity index (χ0) is 15.8. The van der Waals surface area contributed by atoms with Crippen LogP contribution in [0.1, 0.15) is 37.6 Å². The first-order chi connectivity index (χ1) is 9.92. The Morgan fingerprint density at radius 2 is 1.81 bits per heavy atom. The van der Waals surface area contributed by atoms with Gasteiger partial charge in [-0.1, -0.05) is 13.8 Å². The zero-order valence-corrected chi connectivity index (χ0v) is 13.3. The summed E-state index contributed by atoms with van der Waals surface area (Å²) < 4.78 is 0. The summed E-state index contributed by atoms with van der Waals surface area (Å²) in [6.07, 6.45) is 0.429. The summed E-state index contributed by atoms with van der Waals surface area (Å²) in [5.74, 6) is 0.0578. The van der Waals surface area contributed by atoms with Gasteiger partial charge in [-0.05, 0) is 49.3 Å². The van der Waals surface area contributed by atoms with Gasteiger partial charge in [-0.15, -0.1) is 0 Å². The van der Waals surface area contributed by atoms with Crippen LogP contribution in [-0.4, -0.2) is 23.5 Å². The minimum atomic E-state index is -0.114. The number of hydrogen-bond acceptors (Lipinski definition) is 3. The van der Waals surface area contributed by atoms with Crippen molar-refractivity contribution in [1.82, 2.24) is 10.6 Å². The number of hydrogen-bond donors (Lipinski definition) is 3. The van der Waals surface area contributed by atoms with E-state index in [1.54, 1.807) is 24.3 Å². The second-order valence-corrected chi connectivity index (χ2v) is 5.45. The Balaban J connectivity index is 2.53. The number of carbonyl (C=O) groups excluding carboxylic acids is 2. The van der Waals surface area contributed by atoms with E-state index in [2.05, 4.69) is 16.0 Å². The normalized spacial score (nSPS) is 10.1. The van der Waals surface area contributed by atoms with E-state index in [0.29, 0.717) is 18.5 Å². The quantitative estimate of drug-likeness (QED) is 0.730. The lowest BCUT2D eigenvalue weighted by molar-refractivity contribution is -0.120. The molecule has 2 amide bonds. The lowest BCUT2D eigenvalue weighted by atomic mass is 10.1. The third-order valence-corrected chi connectivity index (χ3v) is 2.79. The van der Waals surface area contributed by atoms with Crippen molar-refractivity contribution in [3.05, 3.63) is 29.8 Å². The molecule has 0 spiro atoms. The number of amides is 2. The summed E-state index contributed by atoms with van der Waals surface area (Å²) in [7, 11) is 0. The van der Waals surface area contributed by atoms with Gasteiger partial charge in [0.05, 0.1) is 0 Å². The molecule has 0 saturated carbocycles. The van der Waals surface area contributed by atoms with E-state index >= 15 is 0 Å². The molecule has 0 aliphatic heterocycles. The first-order valence-electron chi connectivity index (χ1n) is 6.91. The lowest BCUT2D eigenvalue weighted by Crippen LogP contribution is -2.34. The number of thiocarbonyl (C=S) groups is 1. The molecular formula is C15H21N3O2S. The van der Waals surface area contributed by atoms with Crippen LogP contribution >= 0.6 is 12.2 Å². The summed E-state index contributed by atoms with van der Waals surface area (Å²) >= 11 is 5.07. The molecule has 0 aliphatic carbocycles. The highest BCUT2D eigenvalue weighted by atomic mass is 32.1. The van der Waals surface area contributed by atoms with Crippen molar-refractivity contribution in [2.75, 3.05) is 11.9 Å². The van der Waals surface area contributed by atoms with Crippen LogP contribution in [0.5, 0.6) is 0 Å². The summed E-state index contributed by atoms with van der Waals surface area (Å²) in [6, 6.07) is 6.88. The van der Waals surface area contributed by atoms with Gasteiger partial charge < -0.3 is 16.0 Å². The molecule has 3 N–H and O–H groups in total. The number of benzene rings is 1. The zero-order valence-electron chi connectivity index (χ0n) is 12.5. The topological polar surface area (TPSA) is 70.2 Å². The van der Waals surface area contributed by atoms with Crippen LogP contribution in [0.4, 0.5) is 5.69 Å². The first kappa shape index (κ1) is 17.1. The molecule has 0 fully saturated rings. The van der Waals surface area contributed by atoms with Gasteiger partial charge in [0.25, 0.3) is 5.91 Å². The predicted octanol–water partition coefficient (Wildman–Crippen LogP) is 2.30. The maximum absolute atomic E-state index is 11.6. The van der Waals surface area contributed by atoms with E-state index in [1.165, 1.54) is 0 Å². The van der Waals surface area contributed by atoms with Crippen molar-refractivity contribution in [3.63, 3.8) is 0 Å². The minimum Gasteiger partial charge on any atom is -0.352 e. The molecule has 6 heteroatoms. The molecule has 1 aromatic carbocycles. The largest absolute Gasteiger partial charge is 0.352 e. The van der Waals surface area contributed by atoms with Crippen LogP contribution < -0.4 is 16.0 Å². The molecule has 0 atom stereocenters. The average molecular weight is 307 g/mol. The van der Waals surface area contributed by atoms with Crippen LogP contribution in [0.25, 0.3) is 0 Å². The molecule has 0 unspecified atom stereocenters. The molecule has 0 saturated heterocycles. The maximum atomic E-state index is 11.6. The van der Waals surface area contributed by atoms with Gasteiger partial charge >= 0.3 is 0 Å². The van der Waals surface area contributed by atoms with Crippen molar-refractivity contribution in [2.24, 2.45) is 5.92 Å². The SMILES string of the molecule is CCNC(=O)c1ccc(NC(=S)NC(=O)CC(C)C)cc1. The monoisotopic (exact) mass is 307 g/mol. The second kappa shape index (κ2) is 8.36. The van der Waals surface area contributed by atoms with E-state index in [9.17, 15) is 9.59 Å². The predicted molar refractivity (Wildman–Crippen MR) is 88.3 cm³/mol. The highest BCUT2D eigenvalue weighted by molar-refractivity contribution is 7.80. The molecule has 114 valence electrons. The fraction of sp³-hybridized carbons (Fsp3) is 0.400. The summed E-state index contributed by atoms with van der Waals surface area (Å²) in [5.41, 5.74) is 1.30. The molecule has 1 rings (SSSR count). The Kier molecular flexibility index (Phi) is 6.81. The van der Waals surface area contributed by atoms with E-state index < -0.39 is 0 Å². The maximum Gasteiger partial charge on any atom is 0.251 e. The van der Waals surface area contributed by atoms with Crippen molar-refractivity contribution >= 4 is 34.8 Å². The first-order valence-corrected chi connectivity index (χ1v) is 7.32. The smallest absolute Gasteiger partial charge is 0.251 e. The highest BCUT2D eigenvalue weighted by Crippen LogP contribution is 2.09. The summed E-state index contributed by atoms with van der Waals surface area (Å²) in [4.78, 5) is 23.2. The third-order valence-electron chi connectivity index (χ3n) is 2.59.